The highest BCUT2D eigenvalue weighted by Gasteiger charge is 2.03. The van der Waals surface area contributed by atoms with E-state index in [4.69, 9.17) is 23.2 Å². The molecule has 68 valence electrons. The molecular weight excluding hydrogens is 234 g/mol. The molecule has 4 nitrogen and oxygen atoms in total. The quantitative estimate of drug-likeness (QED) is 0.704. The highest BCUT2D eigenvalue weighted by Crippen LogP contribution is 2.18. The van der Waals surface area contributed by atoms with Gasteiger partial charge in [0.1, 0.15) is 11.8 Å². The summed E-state index contributed by atoms with van der Waals surface area (Å²) in [6.45, 7) is 0. The molecule has 0 aliphatic heterocycles. The summed E-state index contributed by atoms with van der Waals surface area (Å²) in [7, 11) is 0. The Morgan fingerprint density at radius 2 is 1.77 bits per heavy atom. The number of hydrogen-bond donors (Lipinski definition) is 0. The van der Waals surface area contributed by atoms with Gasteiger partial charge in [-0.05, 0) is 0 Å². The van der Waals surface area contributed by atoms with E-state index in [-0.39, 0.29) is 22.7 Å². The van der Waals surface area contributed by atoms with Crippen molar-refractivity contribution in [3.05, 3.63) is 22.8 Å². The monoisotopic (exact) mass is 236 g/mol. The zero-order valence-electron chi connectivity index (χ0n) is 6.11. The average molecular weight is 237 g/mol. The maximum absolute atomic E-state index is 5.63. The standard InChI is InChI=1S/C6H2Cl2N4.ClH/c7-4-5(8)12-6-3(11-4)1-9-2-10-6;/h1-2H;1H. The summed E-state index contributed by atoms with van der Waals surface area (Å²) in [6, 6.07) is 0. The van der Waals surface area contributed by atoms with Crippen LogP contribution in [0.25, 0.3) is 11.2 Å². The van der Waals surface area contributed by atoms with Crippen LogP contribution in [0.1, 0.15) is 0 Å². The van der Waals surface area contributed by atoms with Crippen molar-refractivity contribution in [2.75, 3.05) is 0 Å². The van der Waals surface area contributed by atoms with Gasteiger partial charge in [-0.3, -0.25) is 0 Å². The molecule has 0 radical (unpaired) electrons. The second kappa shape index (κ2) is 4.00. The molecule has 0 bridgehead atoms. The third kappa shape index (κ3) is 1.96. The van der Waals surface area contributed by atoms with Crippen LogP contribution < -0.4 is 0 Å². The third-order valence-electron chi connectivity index (χ3n) is 1.27. The van der Waals surface area contributed by atoms with Gasteiger partial charge in [0.2, 0.25) is 0 Å². The van der Waals surface area contributed by atoms with Crippen LogP contribution in [0.2, 0.25) is 10.3 Å². The molecule has 2 aromatic heterocycles. The summed E-state index contributed by atoms with van der Waals surface area (Å²) in [5, 5.41) is 0.321. The predicted molar refractivity (Wildman–Crippen MR) is 52.4 cm³/mol. The van der Waals surface area contributed by atoms with Crippen molar-refractivity contribution in [1.82, 2.24) is 19.9 Å². The van der Waals surface area contributed by atoms with Crippen LogP contribution in [0.5, 0.6) is 0 Å². The third-order valence-corrected chi connectivity index (χ3v) is 1.89. The van der Waals surface area contributed by atoms with Gasteiger partial charge >= 0.3 is 0 Å². The summed E-state index contributed by atoms with van der Waals surface area (Å²) < 4.78 is 0. The SMILES string of the molecule is Cl.Clc1nc2cncnc2nc1Cl. The van der Waals surface area contributed by atoms with Crippen molar-refractivity contribution in [2.45, 2.75) is 0 Å². The minimum atomic E-state index is 0. The zero-order chi connectivity index (χ0) is 8.55. The fraction of sp³-hybridized carbons (Fsp3) is 0. The Kier molecular flexibility index (Phi) is 3.19. The largest absolute Gasteiger partial charge is 0.242 e. The van der Waals surface area contributed by atoms with E-state index in [2.05, 4.69) is 19.9 Å². The Balaban J connectivity index is 0.000000845. The Labute approximate surface area is 89.8 Å². The smallest absolute Gasteiger partial charge is 0.182 e. The van der Waals surface area contributed by atoms with Crippen LogP contribution in [0.4, 0.5) is 0 Å². The molecule has 2 heterocycles. The van der Waals surface area contributed by atoms with E-state index in [1.165, 1.54) is 12.5 Å². The van der Waals surface area contributed by atoms with Crippen molar-refractivity contribution >= 4 is 46.8 Å². The molecule has 0 N–H and O–H groups in total. The molecule has 0 saturated heterocycles. The fourth-order valence-corrected chi connectivity index (χ4v) is 1.03. The molecule has 0 atom stereocenters. The molecule has 0 unspecified atom stereocenters. The number of fused-ring (bicyclic) bond motifs is 1. The lowest BCUT2D eigenvalue weighted by atomic mass is 10.5. The highest BCUT2D eigenvalue weighted by molar-refractivity contribution is 6.40. The molecule has 2 aromatic rings. The number of nitrogens with zero attached hydrogens (tertiary/aromatic N) is 4. The summed E-state index contributed by atoms with van der Waals surface area (Å²) in [5.74, 6) is 0. The molecule has 0 aliphatic rings. The van der Waals surface area contributed by atoms with E-state index in [1.807, 2.05) is 0 Å². The minimum absolute atomic E-state index is 0. The van der Waals surface area contributed by atoms with E-state index in [0.717, 1.165) is 0 Å². The summed E-state index contributed by atoms with van der Waals surface area (Å²) >= 11 is 11.2. The summed E-state index contributed by atoms with van der Waals surface area (Å²) in [6.07, 6.45) is 2.90. The van der Waals surface area contributed by atoms with Crippen molar-refractivity contribution in [2.24, 2.45) is 0 Å². The Morgan fingerprint density at radius 1 is 1.08 bits per heavy atom. The van der Waals surface area contributed by atoms with E-state index < -0.39 is 0 Å². The molecule has 0 aliphatic carbocycles. The molecule has 0 aromatic carbocycles. The molecule has 7 heteroatoms. The first-order valence-corrected chi connectivity index (χ1v) is 3.82. The molecular formula is C6H3Cl3N4. The normalized spacial score (nSPS) is 9.69. The number of hydrogen-bond acceptors (Lipinski definition) is 4. The maximum Gasteiger partial charge on any atom is 0.182 e. The van der Waals surface area contributed by atoms with E-state index >= 15 is 0 Å². The van der Waals surface area contributed by atoms with Crippen LogP contribution in [-0.4, -0.2) is 19.9 Å². The molecule has 0 amide bonds. The van der Waals surface area contributed by atoms with Gasteiger partial charge < -0.3 is 0 Å². The van der Waals surface area contributed by atoms with Crippen LogP contribution in [0.3, 0.4) is 0 Å². The van der Waals surface area contributed by atoms with E-state index in [0.29, 0.717) is 11.2 Å². The average Bonchev–Trinajstić information content (AvgIpc) is 2.07. The Hall–Kier alpha value is -0.710. The van der Waals surface area contributed by atoms with Gasteiger partial charge in [-0.15, -0.1) is 12.4 Å². The molecule has 13 heavy (non-hydrogen) atoms. The second-order valence-corrected chi connectivity index (χ2v) is 2.75. The fourth-order valence-electron chi connectivity index (χ4n) is 0.772. The molecule has 2 rings (SSSR count). The van der Waals surface area contributed by atoms with Crippen molar-refractivity contribution < 1.29 is 0 Å². The zero-order valence-corrected chi connectivity index (χ0v) is 8.44. The van der Waals surface area contributed by atoms with Crippen LogP contribution in [-0.2, 0) is 0 Å². The van der Waals surface area contributed by atoms with Crippen LogP contribution >= 0.6 is 35.6 Å². The van der Waals surface area contributed by atoms with Crippen molar-refractivity contribution in [1.29, 1.82) is 0 Å². The van der Waals surface area contributed by atoms with E-state index in [9.17, 15) is 0 Å². The lowest BCUT2D eigenvalue weighted by Crippen LogP contribution is -1.90. The van der Waals surface area contributed by atoms with Gasteiger partial charge in [-0.1, -0.05) is 23.2 Å². The first-order chi connectivity index (χ1) is 5.77. The summed E-state index contributed by atoms with van der Waals surface area (Å²) in [4.78, 5) is 15.4. The molecule has 0 spiro atoms. The Bertz CT molecular complexity index is 393. The maximum atomic E-state index is 5.63. The number of halogens is 3. The lowest BCUT2D eigenvalue weighted by Gasteiger charge is -1.95. The molecule has 0 saturated carbocycles. The lowest BCUT2D eigenvalue weighted by molar-refractivity contribution is 1.15. The van der Waals surface area contributed by atoms with Gasteiger partial charge in [-0.2, -0.15) is 0 Å². The van der Waals surface area contributed by atoms with Crippen LogP contribution in [0.15, 0.2) is 12.5 Å². The second-order valence-electron chi connectivity index (χ2n) is 2.04. The summed E-state index contributed by atoms with van der Waals surface area (Å²) in [5.41, 5.74) is 0.978. The predicted octanol–water partition coefficient (Wildman–Crippen LogP) is 2.15. The van der Waals surface area contributed by atoms with Crippen molar-refractivity contribution in [3.63, 3.8) is 0 Å². The van der Waals surface area contributed by atoms with Gasteiger partial charge in [0.05, 0.1) is 6.20 Å². The van der Waals surface area contributed by atoms with Gasteiger partial charge in [-0.25, -0.2) is 19.9 Å². The number of aromatic nitrogens is 4. The first-order valence-electron chi connectivity index (χ1n) is 3.06. The van der Waals surface area contributed by atoms with Crippen molar-refractivity contribution in [3.8, 4) is 0 Å². The van der Waals surface area contributed by atoms with Crippen LogP contribution in [0, 0.1) is 0 Å². The highest BCUT2D eigenvalue weighted by atomic mass is 35.5. The number of rotatable bonds is 0. The van der Waals surface area contributed by atoms with Gasteiger partial charge in [0, 0.05) is 0 Å². The van der Waals surface area contributed by atoms with Gasteiger partial charge in [0.25, 0.3) is 0 Å². The van der Waals surface area contributed by atoms with Gasteiger partial charge in [0.15, 0.2) is 16.0 Å². The minimum Gasteiger partial charge on any atom is -0.242 e. The Morgan fingerprint density at radius 3 is 2.54 bits per heavy atom. The van der Waals surface area contributed by atoms with E-state index in [1.54, 1.807) is 0 Å². The first kappa shape index (κ1) is 10.4. The molecule has 0 fully saturated rings. The topological polar surface area (TPSA) is 51.6 Å².